The number of hydrogen-bond donors (Lipinski definition) is 0. The molecule has 0 spiro atoms. The standard InChI is InChI=1S/C16H14S/c1-3-7-13(8-4-1)15-11-12-16(17-15)14-9-5-2-6-10-14/h1-12,15-16H. The van der Waals surface area contributed by atoms with Crippen LogP contribution in [0.15, 0.2) is 72.8 Å². The Morgan fingerprint density at radius 1 is 0.588 bits per heavy atom. The van der Waals surface area contributed by atoms with Gasteiger partial charge in [-0.05, 0) is 11.1 Å². The minimum atomic E-state index is 0.501. The Morgan fingerprint density at radius 3 is 1.41 bits per heavy atom. The third kappa shape index (κ3) is 2.29. The second-order valence-electron chi connectivity index (χ2n) is 4.18. The number of thioether (sulfide) groups is 1. The first-order valence-corrected chi connectivity index (χ1v) is 6.81. The SMILES string of the molecule is C1=CC(c2ccccc2)SC1c1ccccc1. The molecule has 3 rings (SSSR count). The van der Waals surface area contributed by atoms with Gasteiger partial charge >= 0.3 is 0 Å². The molecule has 1 heterocycles. The van der Waals surface area contributed by atoms with Gasteiger partial charge in [-0.2, -0.15) is 0 Å². The van der Waals surface area contributed by atoms with Crippen LogP contribution in [-0.2, 0) is 0 Å². The summed E-state index contributed by atoms with van der Waals surface area (Å²) in [5, 5.41) is 1.00. The minimum Gasteiger partial charge on any atom is -0.137 e. The molecule has 2 aromatic rings. The summed E-state index contributed by atoms with van der Waals surface area (Å²) in [5.74, 6) is 0. The van der Waals surface area contributed by atoms with E-state index in [-0.39, 0.29) is 0 Å². The molecule has 0 radical (unpaired) electrons. The maximum atomic E-state index is 2.32. The molecule has 1 aliphatic rings. The molecule has 2 unspecified atom stereocenters. The van der Waals surface area contributed by atoms with Gasteiger partial charge in [-0.25, -0.2) is 0 Å². The van der Waals surface area contributed by atoms with Gasteiger partial charge in [0.05, 0.1) is 0 Å². The molecule has 0 N–H and O–H groups in total. The first kappa shape index (κ1) is 10.7. The first-order chi connectivity index (χ1) is 8.43. The molecule has 0 nitrogen and oxygen atoms in total. The van der Waals surface area contributed by atoms with E-state index in [1.54, 1.807) is 0 Å². The highest BCUT2D eigenvalue weighted by molar-refractivity contribution is 8.00. The predicted octanol–water partition coefficient (Wildman–Crippen LogP) is 4.77. The van der Waals surface area contributed by atoms with Crippen molar-refractivity contribution in [1.82, 2.24) is 0 Å². The molecular formula is C16H14S. The van der Waals surface area contributed by atoms with Gasteiger partial charge < -0.3 is 0 Å². The fraction of sp³-hybridized carbons (Fsp3) is 0.125. The van der Waals surface area contributed by atoms with E-state index in [4.69, 9.17) is 0 Å². The van der Waals surface area contributed by atoms with E-state index in [9.17, 15) is 0 Å². The molecule has 0 amide bonds. The van der Waals surface area contributed by atoms with Crippen molar-refractivity contribution in [2.45, 2.75) is 10.5 Å². The van der Waals surface area contributed by atoms with Gasteiger partial charge in [-0.15, -0.1) is 11.8 Å². The summed E-state index contributed by atoms with van der Waals surface area (Å²) in [4.78, 5) is 0. The monoisotopic (exact) mass is 238 g/mol. The molecule has 84 valence electrons. The van der Waals surface area contributed by atoms with Crippen molar-refractivity contribution in [3.8, 4) is 0 Å². The van der Waals surface area contributed by atoms with Gasteiger partial charge in [0.2, 0.25) is 0 Å². The van der Waals surface area contributed by atoms with Crippen LogP contribution in [0.1, 0.15) is 21.6 Å². The van der Waals surface area contributed by atoms with Crippen molar-refractivity contribution in [2.75, 3.05) is 0 Å². The van der Waals surface area contributed by atoms with Crippen molar-refractivity contribution < 1.29 is 0 Å². The van der Waals surface area contributed by atoms with Crippen LogP contribution >= 0.6 is 11.8 Å². The molecule has 2 atom stereocenters. The smallest absolute Gasteiger partial charge is 0.0487 e. The van der Waals surface area contributed by atoms with Gasteiger partial charge in [-0.3, -0.25) is 0 Å². The molecule has 1 heteroatoms. The molecule has 17 heavy (non-hydrogen) atoms. The normalized spacial score (nSPS) is 22.8. The summed E-state index contributed by atoms with van der Waals surface area (Å²) in [6.45, 7) is 0. The summed E-state index contributed by atoms with van der Waals surface area (Å²) in [6.07, 6.45) is 4.63. The van der Waals surface area contributed by atoms with Crippen LogP contribution in [0.25, 0.3) is 0 Å². The zero-order valence-corrected chi connectivity index (χ0v) is 10.3. The van der Waals surface area contributed by atoms with E-state index in [2.05, 4.69) is 72.8 Å². The third-order valence-electron chi connectivity index (χ3n) is 3.01. The van der Waals surface area contributed by atoms with E-state index in [0.717, 1.165) is 0 Å². The molecule has 1 aliphatic heterocycles. The highest BCUT2D eigenvalue weighted by Crippen LogP contribution is 2.47. The van der Waals surface area contributed by atoms with Gasteiger partial charge in [0.25, 0.3) is 0 Å². The van der Waals surface area contributed by atoms with Crippen molar-refractivity contribution in [3.63, 3.8) is 0 Å². The Labute approximate surface area is 106 Å². The lowest BCUT2D eigenvalue weighted by molar-refractivity contribution is 1.25. The third-order valence-corrected chi connectivity index (χ3v) is 4.46. The zero-order chi connectivity index (χ0) is 11.5. The van der Waals surface area contributed by atoms with Crippen LogP contribution in [-0.4, -0.2) is 0 Å². The summed E-state index contributed by atoms with van der Waals surface area (Å²) in [6, 6.07) is 21.4. The molecule has 0 aliphatic carbocycles. The Kier molecular flexibility index (Phi) is 3.02. The predicted molar refractivity (Wildman–Crippen MR) is 75.1 cm³/mol. The Morgan fingerprint density at radius 2 is 1.00 bits per heavy atom. The van der Waals surface area contributed by atoms with Gasteiger partial charge in [0, 0.05) is 10.5 Å². The molecule has 2 aromatic carbocycles. The van der Waals surface area contributed by atoms with Crippen LogP contribution in [0.5, 0.6) is 0 Å². The summed E-state index contributed by atoms with van der Waals surface area (Å²) < 4.78 is 0. The topological polar surface area (TPSA) is 0 Å². The van der Waals surface area contributed by atoms with E-state index >= 15 is 0 Å². The molecule has 0 saturated carbocycles. The van der Waals surface area contributed by atoms with E-state index in [0.29, 0.717) is 10.5 Å². The van der Waals surface area contributed by atoms with Crippen LogP contribution in [0.4, 0.5) is 0 Å². The van der Waals surface area contributed by atoms with E-state index in [1.165, 1.54) is 11.1 Å². The lowest BCUT2D eigenvalue weighted by Crippen LogP contribution is -1.89. The Bertz CT molecular complexity index is 454. The van der Waals surface area contributed by atoms with Crippen molar-refractivity contribution >= 4 is 11.8 Å². The maximum Gasteiger partial charge on any atom is 0.0487 e. The molecule has 0 saturated heterocycles. The average Bonchev–Trinajstić information content (AvgIpc) is 2.90. The quantitative estimate of drug-likeness (QED) is 0.679. The Hall–Kier alpha value is -1.47. The van der Waals surface area contributed by atoms with Crippen molar-refractivity contribution in [2.24, 2.45) is 0 Å². The van der Waals surface area contributed by atoms with Crippen molar-refractivity contribution in [3.05, 3.63) is 83.9 Å². The van der Waals surface area contributed by atoms with Crippen LogP contribution < -0.4 is 0 Å². The zero-order valence-electron chi connectivity index (χ0n) is 9.49. The van der Waals surface area contributed by atoms with Gasteiger partial charge in [0.15, 0.2) is 0 Å². The fourth-order valence-electron chi connectivity index (χ4n) is 2.12. The summed E-state index contributed by atoms with van der Waals surface area (Å²) >= 11 is 2.01. The number of benzene rings is 2. The van der Waals surface area contributed by atoms with Crippen molar-refractivity contribution in [1.29, 1.82) is 0 Å². The van der Waals surface area contributed by atoms with E-state index in [1.807, 2.05) is 11.8 Å². The average molecular weight is 238 g/mol. The summed E-state index contributed by atoms with van der Waals surface area (Å²) in [5.41, 5.74) is 2.79. The molecule has 0 bridgehead atoms. The van der Waals surface area contributed by atoms with E-state index < -0.39 is 0 Å². The largest absolute Gasteiger partial charge is 0.137 e. The van der Waals surface area contributed by atoms with Crippen LogP contribution in [0.2, 0.25) is 0 Å². The highest BCUT2D eigenvalue weighted by atomic mass is 32.2. The molecule has 0 fully saturated rings. The lowest BCUT2D eigenvalue weighted by Gasteiger charge is -2.12. The second kappa shape index (κ2) is 4.80. The molecular weight excluding hydrogens is 224 g/mol. The highest BCUT2D eigenvalue weighted by Gasteiger charge is 2.21. The van der Waals surface area contributed by atoms with Crippen LogP contribution in [0, 0.1) is 0 Å². The lowest BCUT2D eigenvalue weighted by atomic mass is 10.1. The van der Waals surface area contributed by atoms with Gasteiger partial charge in [0.1, 0.15) is 0 Å². The molecule has 0 aromatic heterocycles. The number of hydrogen-bond acceptors (Lipinski definition) is 1. The fourth-order valence-corrected chi connectivity index (χ4v) is 3.42. The number of rotatable bonds is 2. The van der Waals surface area contributed by atoms with Crippen LogP contribution in [0.3, 0.4) is 0 Å². The first-order valence-electron chi connectivity index (χ1n) is 5.87. The summed E-state index contributed by atoms with van der Waals surface area (Å²) in [7, 11) is 0. The minimum absolute atomic E-state index is 0.501. The van der Waals surface area contributed by atoms with Gasteiger partial charge in [-0.1, -0.05) is 72.8 Å². The maximum absolute atomic E-state index is 2.32. The second-order valence-corrected chi connectivity index (χ2v) is 5.47. The Balaban J connectivity index is 1.78.